The molecule has 2 aromatic rings. The standard InChI is InChI=1S/C11H11N3O2S.2ClH/c1-17-11-2-3-14(7-13-11)6-8-4-9(15)10(16)5-12-8;;/h2-5,7H,6H2,1H3,(H-,12,15,16);2*1H. The number of nitrogens with one attached hydrogen (secondary N) is 1. The maximum Gasteiger partial charge on any atom is 0.287 e. The molecule has 8 heteroatoms. The lowest BCUT2D eigenvalue weighted by molar-refractivity contribution is -0.692. The molecule has 0 radical (unpaired) electrons. The molecule has 2 aromatic heterocycles. The second kappa shape index (κ2) is 8.04. The predicted molar refractivity (Wildman–Crippen MR) is 71.3 cm³/mol. The van der Waals surface area contributed by atoms with Crippen LogP contribution in [0.2, 0.25) is 0 Å². The Morgan fingerprint density at radius 2 is 2.26 bits per heavy atom. The van der Waals surface area contributed by atoms with Gasteiger partial charge < -0.3 is 22.5 Å². The molecule has 0 bridgehead atoms. The fourth-order valence-corrected chi connectivity index (χ4v) is 1.73. The maximum absolute atomic E-state index is 11.2. The fraction of sp³-hybridized carbons (Fsp3) is 0.182. The minimum Gasteiger partial charge on any atom is -1.00 e. The van der Waals surface area contributed by atoms with Gasteiger partial charge in [0.15, 0.2) is 5.75 Å². The fourth-order valence-electron chi connectivity index (χ4n) is 1.38. The first-order chi connectivity index (χ1) is 8.19. The molecule has 0 aliphatic rings. The van der Waals surface area contributed by atoms with Crippen LogP contribution in [0.3, 0.4) is 0 Å². The Morgan fingerprint density at radius 3 is 2.79 bits per heavy atom. The highest BCUT2D eigenvalue weighted by molar-refractivity contribution is 7.98. The van der Waals surface area contributed by atoms with Crippen LogP contribution < -0.4 is 22.4 Å². The Balaban J connectivity index is 0.00000162. The molecule has 0 saturated heterocycles. The van der Waals surface area contributed by atoms with Crippen LogP contribution in [0.4, 0.5) is 0 Å². The first-order valence-electron chi connectivity index (χ1n) is 4.98. The van der Waals surface area contributed by atoms with E-state index in [-0.39, 0.29) is 36.0 Å². The average molecular weight is 322 g/mol. The summed E-state index contributed by atoms with van der Waals surface area (Å²) in [7, 11) is 0. The molecule has 0 aliphatic carbocycles. The second-order valence-corrected chi connectivity index (χ2v) is 4.31. The van der Waals surface area contributed by atoms with Gasteiger partial charge in [0.05, 0.1) is 11.9 Å². The van der Waals surface area contributed by atoms with E-state index >= 15 is 0 Å². The number of pyridine rings is 1. The smallest absolute Gasteiger partial charge is 0.287 e. The largest absolute Gasteiger partial charge is 1.00 e. The van der Waals surface area contributed by atoms with Gasteiger partial charge in [-0.1, -0.05) is 11.8 Å². The quantitative estimate of drug-likeness (QED) is 0.388. The second-order valence-electron chi connectivity index (χ2n) is 3.48. The predicted octanol–water partition coefficient (Wildman–Crippen LogP) is -2.04. The van der Waals surface area contributed by atoms with Crippen LogP contribution in [-0.4, -0.2) is 21.3 Å². The van der Waals surface area contributed by atoms with Crippen molar-refractivity contribution in [1.29, 1.82) is 0 Å². The maximum atomic E-state index is 11.2. The topological polar surface area (TPSA) is 69.9 Å². The Morgan fingerprint density at radius 1 is 1.53 bits per heavy atom. The molecule has 2 heterocycles. The number of thioether (sulfide) groups is 1. The summed E-state index contributed by atoms with van der Waals surface area (Å²) in [5.74, 6) is -0.269. The summed E-state index contributed by atoms with van der Waals surface area (Å²) in [6.45, 7) is 0.511. The summed E-state index contributed by atoms with van der Waals surface area (Å²) in [5.41, 5.74) is 0.338. The summed E-state index contributed by atoms with van der Waals surface area (Å²) in [6, 6.07) is 3.29. The van der Waals surface area contributed by atoms with Gasteiger partial charge in [-0.3, -0.25) is 4.79 Å². The van der Waals surface area contributed by atoms with Crippen LogP contribution in [0.15, 0.2) is 40.7 Å². The molecule has 0 aliphatic heterocycles. The Bertz CT molecular complexity index is 575. The molecule has 0 unspecified atom stereocenters. The van der Waals surface area contributed by atoms with Crippen molar-refractivity contribution in [3.8, 4) is 5.75 Å². The third-order valence-electron chi connectivity index (χ3n) is 2.26. The highest BCUT2D eigenvalue weighted by Gasteiger charge is 2.05. The van der Waals surface area contributed by atoms with E-state index in [2.05, 4.69) is 9.97 Å². The van der Waals surface area contributed by atoms with E-state index in [1.54, 1.807) is 18.1 Å². The van der Waals surface area contributed by atoms with E-state index in [1.165, 1.54) is 12.3 Å². The monoisotopic (exact) mass is 321 g/mol. The lowest BCUT2D eigenvalue weighted by atomic mass is 10.3. The van der Waals surface area contributed by atoms with E-state index in [1.807, 2.05) is 23.1 Å². The molecule has 0 fully saturated rings. The van der Waals surface area contributed by atoms with Gasteiger partial charge in [0, 0.05) is 18.3 Å². The molecule has 0 amide bonds. The Kier molecular flexibility index (Phi) is 7.51. The minimum atomic E-state index is -0.381. The van der Waals surface area contributed by atoms with Crippen LogP contribution in [0.1, 0.15) is 5.69 Å². The normalized spacial score (nSPS) is 9.32. The van der Waals surface area contributed by atoms with E-state index in [9.17, 15) is 4.79 Å². The molecule has 19 heavy (non-hydrogen) atoms. The van der Waals surface area contributed by atoms with Crippen molar-refractivity contribution in [1.82, 2.24) is 9.97 Å². The third kappa shape index (κ3) is 4.74. The molecular weight excluding hydrogens is 309 g/mol. The number of nitrogens with zero attached hydrogens (tertiary/aromatic N) is 2. The zero-order valence-corrected chi connectivity index (χ0v) is 12.4. The van der Waals surface area contributed by atoms with E-state index < -0.39 is 0 Å². The number of aromatic hydroxyl groups is 1. The molecule has 104 valence electrons. The van der Waals surface area contributed by atoms with E-state index in [4.69, 9.17) is 5.11 Å². The van der Waals surface area contributed by atoms with E-state index in [0.29, 0.717) is 6.54 Å². The van der Waals surface area contributed by atoms with Gasteiger partial charge in [0.25, 0.3) is 6.33 Å². The van der Waals surface area contributed by atoms with Gasteiger partial charge in [0.1, 0.15) is 6.54 Å². The molecule has 0 spiro atoms. The van der Waals surface area contributed by atoms with Gasteiger partial charge in [-0.2, -0.15) is 0 Å². The van der Waals surface area contributed by atoms with Gasteiger partial charge >= 0.3 is 0 Å². The lowest BCUT2D eigenvalue weighted by Gasteiger charge is -2.00. The van der Waals surface area contributed by atoms with Gasteiger partial charge in [-0.15, -0.1) is 12.4 Å². The molecule has 0 aromatic carbocycles. The first-order valence-corrected chi connectivity index (χ1v) is 6.21. The molecular formula is C11H13Cl2N3O2S. The number of aromatic nitrogens is 3. The Hall–Kier alpha value is -1.24. The van der Waals surface area contributed by atoms with Gasteiger partial charge in [-0.05, 0) is 11.2 Å². The summed E-state index contributed by atoms with van der Waals surface area (Å²) in [6.07, 6.45) is 6.85. The number of aromatic amines is 1. The summed E-state index contributed by atoms with van der Waals surface area (Å²) < 4.78 is 1.85. The van der Waals surface area contributed by atoms with Crippen LogP contribution in [0, 0.1) is 0 Å². The summed E-state index contributed by atoms with van der Waals surface area (Å²) >= 11 is 1.57. The highest BCUT2D eigenvalue weighted by atomic mass is 35.5. The Labute approximate surface area is 126 Å². The summed E-state index contributed by atoms with van der Waals surface area (Å²) in [4.78, 5) is 18.3. The number of halogens is 2. The van der Waals surface area contributed by atoms with Crippen molar-refractivity contribution in [3.05, 3.63) is 46.8 Å². The molecule has 0 atom stereocenters. The summed E-state index contributed by atoms with van der Waals surface area (Å²) in [5, 5.41) is 10.1. The highest BCUT2D eigenvalue weighted by Crippen LogP contribution is 2.06. The average Bonchev–Trinajstić information content (AvgIpc) is 2.35. The minimum absolute atomic E-state index is 0. The van der Waals surface area contributed by atoms with Crippen LogP contribution in [0.25, 0.3) is 0 Å². The van der Waals surface area contributed by atoms with Crippen molar-refractivity contribution in [2.24, 2.45) is 0 Å². The zero-order valence-electron chi connectivity index (χ0n) is 10.0. The zero-order chi connectivity index (χ0) is 12.3. The number of hydrogen-bond acceptors (Lipinski definition) is 4. The first kappa shape index (κ1) is 17.8. The molecule has 2 rings (SSSR count). The van der Waals surface area contributed by atoms with Gasteiger partial charge in [-0.25, -0.2) is 4.57 Å². The number of H-pyrrole nitrogens is 1. The molecule has 0 saturated carbocycles. The molecule has 2 N–H and O–H groups in total. The van der Waals surface area contributed by atoms with Crippen molar-refractivity contribution < 1.29 is 22.1 Å². The molecule has 5 nitrogen and oxygen atoms in total. The van der Waals surface area contributed by atoms with Crippen LogP contribution >= 0.6 is 24.2 Å². The SMILES string of the molecule is CSc1cc[n+](Cc2cc(=O)c(O)c[nH]2)cn1.Cl.[Cl-]. The number of hydrogen-bond donors (Lipinski definition) is 2. The van der Waals surface area contributed by atoms with Crippen molar-refractivity contribution >= 4 is 24.2 Å². The van der Waals surface area contributed by atoms with Crippen molar-refractivity contribution in [2.75, 3.05) is 6.26 Å². The van der Waals surface area contributed by atoms with E-state index in [0.717, 1.165) is 10.7 Å². The van der Waals surface area contributed by atoms with Crippen molar-refractivity contribution in [3.63, 3.8) is 0 Å². The van der Waals surface area contributed by atoms with Gasteiger partial charge in [0.2, 0.25) is 10.5 Å². The van der Waals surface area contributed by atoms with Crippen LogP contribution in [0.5, 0.6) is 5.75 Å². The van der Waals surface area contributed by atoms with Crippen LogP contribution in [-0.2, 0) is 6.54 Å². The third-order valence-corrected chi connectivity index (χ3v) is 2.92. The lowest BCUT2D eigenvalue weighted by Crippen LogP contribution is -3.00. The van der Waals surface area contributed by atoms with Crippen molar-refractivity contribution in [2.45, 2.75) is 11.6 Å². The number of rotatable bonds is 3.